The molecule has 1 aliphatic heterocycles. The fourth-order valence-electron chi connectivity index (χ4n) is 2.10. The minimum absolute atomic E-state index is 0.492. The maximum atomic E-state index is 10.2. The SMILES string of the molecule is CN1CCN(CC(O)c2ccc(Cl)c(Cl)c2)CC1. The molecule has 0 amide bonds. The molecule has 0 bridgehead atoms. The van der Waals surface area contributed by atoms with Crippen molar-refractivity contribution in [2.24, 2.45) is 0 Å². The highest BCUT2D eigenvalue weighted by molar-refractivity contribution is 6.42. The van der Waals surface area contributed by atoms with E-state index in [1.165, 1.54) is 0 Å². The fourth-order valence-corrected chi connectivity index (χ4v) is 2.41. The molecular weight excluding hydrogens is 271 g/mol. The van der Waals surface area contributed by atoms with Crippen molar-refractivity contribution < 1.29 is 5.11 Å². The molecule has 0 radical (unpaired) electrons. The number of hydrogen-bond acceptors (Lipinski definition) is 3. The van der Waals surface area contributed by atoms with Gasteiger partial charge in [-0.1, -0.05) is 29.3 Å². The Kier molecular flexibility index (Phi) is 4.87. The molecule has 1 fully saturated rings. The van der Waals surface area contributed by atoms with E-state index in [1.807, 2.05) is 6.07 Å². The Bertz CT molecular complexity index is 406. The molecule has 1 aliphatic rings. The van der Waals surface area contributed by atoms with Gasteiger partial charge in [0.25, 0.3) is 0 Å². The Balaban J connectivity index is 1.94. The molecule has 0 aromatic heterocycles. The van der Waals surface area contributed by atoms with E-state index >= 15 is 0 Å². The number of likely N-dealkylation sites (N-methyl/N-ethyl adjacent to an activating group) is 1. The number of hydrogen-bond donors (Lipinski definition) is 1. The zero-order valence-electron chi connectivity index (χ0n) is 10.4. The summed E-state index contributed by atoms with van der Waals surface area (Å²) in [5.41, 5.74) is 0.823. The van der Waals surface area contributed by atoms with E-state index in [9.17, 15) is 5.11 Å². The van der Waals surface area contributed by atoms with Gasteiger partial charge in [0.15, 0.2) is 0 Å². The van der Waals surface area contributed by atoms with Crippen molar-refractivity contribution in [1.29, 1.82) is 0 Å². The lowest BCUT2D eigenvalue weighted by molar-refractivity contribution is 0.0805. The topological polar surface area (TPSA) is 26.7 Å². The maximum Gasteiger partial charge on any atom is 0.0917 e. The van der Waals surface area contributed by atoms with Crippen LogP contribution in [-0.4, -0.2) is 54.7 Å². The summed E-state index contributed by atoms with van der Waals surface area (Å²) in [5.74, 6) is 0. The van der Waals surface area contributed by atoms with Crippen molar-refractivity contribution in [3.8, 4) is 0 Å². The van der Waals surface area contributed by atoms with E-state index in [-0.39, 0.29) is 0 Å². The van der Waals surface area contributed by atoms with Crippen molar-refractivity contribution in [1.82, 2.24) is 9.80 Å². The van der Waals surface area contributed by atoms with Crippen LogP contribution >= 0.6 is 23.2 Å². The molecule has 1 heterocycles. The van der Waals surface area contributed by atoms with Gasteiger partial charge in [-0.25, -0.2) is 0 Å². The first-order valence-electron chi connectivity index (χ1n) is 6.10. The Morgan fingerprint density at radius 2 is 1.83 bits per heavy atom. The lowest BCUT2D eigenvalue weighted by Crippen LogP contribution is -2.45. The van der Waals surface area contributed by atoms with Crippen molar-refractivity contribution in [2.75, 3.05) is 39.8 Å². The van der Waals surface area contributed by atoms with E-state index in [1.54, 1.807) is 12.1 Å². The van der Waals surface area contributed by atoms with Crippen LogP contribution in [0.3, 0.4) is 0 Å². The third-order valence-corrected chi connectivity index (χ3v) is 4.09. The third kappa shape index (κ3) is 3.59. The summed E-state index contributed by atoms with van der Waals surface area (Å²) >= 11 is 11.8. The molecule has 100 valence electrons. The summed E-state index contributed by atoms with van der Waals surface area (Å²) in [5, 5.41) is 11.2. The highest BCUT2D eigenvalue weighted by atomic mass is 35.5. The molecule has 1 unspecified atom stereocenters. The van der Waals surface area contributed by atoms with E-state index in [0.29, 0.717) is 16.6 Å². The Morgan fingerprint density at radius 1 is 1.17 bits per heavy atom. The van der Waals surface area contributed by atoms with Gasteiger partial charge in [-0.15, -0.1) is 0 Å². The lowest BCUT2D eigenvalue weighted by Gasteiger charge is -2.33. The predicted octanol–water partition coefficient (Wildman–Crippen LogP) is 2.27. The first-order chi connectivity index (χ1) is 8.56. The molecular formula is C13H18Cl2N2O. The van der Waals surface area contributed by atoms with Gasteiger partial charge in [0.1, 0.15) is 0 Å². The second-order valence-electron chi connectivity index (χ2n) is 4.79. The average molecular weight is 289 g/mol. The average Bonchev–Trinajstić information content (AvgIpc) is 2.35. The van der Waals surface area contributed by atoms with Crippen LogP contribution in [0.15, 0.2) is 18.2 Å². The van der Waals surface area contributed by atoms with Crippen molar-refractivity contribution in [3.63, 3.8) is 0 Å². The van der Waals surface area contributed by atoms with Crippen molar-refractivity contribution in [3.05, 3.63) is 33.8 Å². The predicted molar refractivity (Wildman–Crippen MR) is 75.4 cm³/mol. The van der Waals surface area contributed by atoms with Gasteiger partial charge in [0.2, 0.25) is 0 Å². The van der Waals surface area contributed by atoms with Gasteiger partial charge >= 0.3 is 0 Å². The molecule has 1 aromatic rings. The standard InChI is InChI=1S/C13H18Cl2N2O/c1-16-4-6-17(7-5-16)9-13(18)10-2-3-11(14)12(15)8-10/h2-3,8,13,18H,4-7,9H2,1H3. The van der Waals surface area contributed by atoms with Gasteiger partial charge < -0.3 is 10.0 Å². The molecule has 0 saturated carbocycles. The highest BCUT2D eigenvalue weighted by Crippen LogP contribution is 2.26. The first kappa shape index (κ1) is 14.1. The summed E-state index contributed by atoms with van der Waals surface area (Å²) in [7, 11) is 2.12. The van der Waals surface area contributed by atoms with Crippen LogP contribution in [0.1, 0.15) is 11.7 Å². The minimum Gasteiger partial charge on any atom is -0.387 e. The van der Waals surface area contributed by atoms with Crippen LogP contribution in [0.25, 0.3) is 0 Å². The molecule has 18 heavy (non-hydrogen) atoms. The van der Waals surface area contributed by atoms with Gasteiger partial charge in [0.05, 0.1) is 16.1 Å². The molecule has 1 N–H and O–H groups in total. The molecule has 0 spiro atoms. The molecule has 1 saturated heterocycles. The Labute approximate surface area is 118 Å². The van der Waals surface area contributed by atoms with Gasteiger partial charge in [0, 0.05) is 32.7 Å². The third-order valence-electron chi connectivity index (χ3n) is 3.36. The first-order valence-corrected chi connectivity index (χ1v) is 6.86. The number of β-amino-alcohol motifs (C(OH)–C–C–N with tert-alkyl or cyclic N) is 1. The van der Waals surface area contributed by atoms with E-state index in [0.717, 1.165) is 31.7 Å². The molecule has 1 atom stereocenters. The van der Waals surface area contributed by atoms with Crippen molar-refractivity contribution >= 4 is 23.2 Å². The summed E-state index contributed by atoms with van der Waals surface area (Å²) in [4.78, 5) is 4.56. The second kappa shape index (κ2) is 6.22. The van der Waals surface area contributed by atoms with Crippen LogP contribution in [0, 0.1) is 0 Å². The summed E-state index contributed by atoms with van der Waals surface area (Å²) < 4.78 is 0. The lowest BCUT2D eigenvalue weighted by atomic mass is 10.1. The monoisotopic (exact) mass is 288 g/mol. The van der Waals surface area contributed by atoms with Gasteiger partial charge in [-0.05, 0) is 24.7 Å². The fraction of sp³-hybridized carbons (Fsp3) is 0.538. The van der Waals surface area contributed by atoms with E-state index in [4.69, 9.17) is 23.2 Å². The number of halogens is 2. The molecule has 5 heteroatoms. The van der Waals surface area contributed by atoms with Crippen LogP contribution in [-0.2, 0) is 0 Å². The van der Waals surface area contributed by atoms with Crippen LogP contribution in [0.4, 0.5) is 0 Å². The summed E-state index contributed by atoms with van der Waals surface area (Å²) in [6, 6.07) is 5.30. The summed E-state index contributed by atoms with van der Waals surface area (Å²) in [6.45, 7) is 4.73. The van der Waals surface area contributed by atoms with E-state index < -0.39 is 6.10 Å². The number of rotatable bonds is 3. The largest absolute Gasteiger partial charge is 0.387 e. The van der Waals surface area contributed by atoms with E-state index in [2.05, 4.69) is 16.8 Å². The Hall–Kier alpha value is -0.320. The maximum absolute atomic E-state index is 10.2. The second-order valence-corrected chi connectivity index (χ2v) is 5.61. The van der Waals surface area contributed by atoms with Gasteiger partial charge in [-0.2, -0.15) is 0 Å². The zero-order chi connectivity index (χ0) is 13.1. The Morgan fingerprint density at radius 3 is 2.44 bits per heavy atom. The van der Waals surface area contributed by atoms with Crippen molar-refractivity contribution in [2.45, 2.75) is 6.10 Å². The molecule has 0 aliphatic carbocycles. The molecule has 1 aromatic carbocycles. The quantitative estimate of drug-likeness (QED) is 0.924. The van der Waals surface area contributed by atoms with Gasteiger partial charge in [-0.3, -0.25) is 4.90 Å². The highest BCUT2D eigenvalue weighted by Gasteiger charge is 2.18. The smallest absolute Gasteiger partial charge is 0.0917 e. The number of piperazine rings is 1. The molecule has 2 rings (SSSR count). The normalized spacial score (nSPS) is 20.0. The molecule has 3 nitrogen and oxygen atoms in total. The zero-order valence-corrected chi connectivity index (χ0v) is 12.0. The number of aliphatic hydroxyl groups excluding tert-OH is 1. The number of benzene rings is 1. The van der Waals surface area contributed by atoms with Crippen LogP contribution < -0.4 is 0 Å². The summed E-state index contributed by atoms with van der Waals surface area (Å²) in [6.07, 6.45) is -0.511. The van der Waals surface area contributed by atoms with Crippen LogP contribution in [0.5, 0.6) is 0 Å². The number of nitrogens with zero attached hydrogens (tertiary/aromatic N) is 2. The van der Waals surface area contributed by atoms with Crippen LogP contribution in [0.2, 0.25) is 10.0 Å². The number of aliphatic hydroxyl groups is 1. The minimum atomic E-state index is -0.511.